The van der Waals surface area contributed by atoms with Gasteiger partial charge < -0.3 is 5.32 Å². The van der Waals surface area contributed by atoms with Crippen LogP contribution >= 0.6 is 0 Å². The maximum atomic E-state index is 12.7. The highest BCUT2D eigenvalue weighted by molar-refractivity contribution is 5.18. The number of nitrogens with zero attached hydrogens (tertiary/aromatic N) is 2. The second kappa shape index (κ2) is 5.78. The Bertz CT molecular complexity index is 502. The third-order valence-electron chi connectivity index (χ3n) is 2.88. The van der Waals surface area contributed by atoms with Crippen LogP contribution in [0.4, 0.5) is 4.39 Å². The highest BCUT2D eigenvalue weighted by Crippen LogP contribution is 2.07. The maximum absolute atomic E-state index is 12.7. The van der Waals surface area contributed by atoms with Crippen molar-refractivity contribution in [1.29, 1.82) is 0 Å². The molecule has 18 heavy (non-hydrogen) atoms. The molecule has 4 heteroatoms. The number of hydrogen-bond acceptors (Lipinski definition) is 2. The lowest BCUT2D eigenvalue weighted by atomic mass is 10.2. The normalized spacial score (nSPS) is 10.8. The molecule has 0 radical (unpaired) electrons. The van der Waals surface area contributed by atoms with Crippen LogP contribution in [-0.4, -0.2) is 9.78 Å². The first-order valence-corrected chi connectivity index (χ1v) is 6.15. The molecule has 0 spiro atoms. The summed E-state index contributed by atoms with van der Waals surface area (Å²) < 4.78 is 14.6. The van der Waals surface area contributed by atoms with E-state index in [1.165, 1.54) is 17.7 Å². The van der Waals surface area contributed by atoms with E-state index in [0.29, 0.717) is 0 Å². The van der Waals surface area contributed by atoms with Crippen molar-refractivity contribution < 1.29 is 4.39 Å². The Labute approximate surface area is 107 Å². The van der Waals surface area contributed by atoms with Crippen molar-refractivity contribution in [2.75, 3.05) is 0 Å². The number of rotatable bonds is 5. The van der Waals surface area contributed by atoms with Crippen molar-refractivity contribution >= 4 is 0 Å². The fourth-order valence-electron chi connectivity index (χ4n) is 1.97. The quantitative estimate of drug-likeness (QED) is 0.879. The lowest BCUT2D eigenvalue weighted by Crippen LogP contribution is -2.13. The first-order valence-electron chi connectivity index (χ1n) is 6.15. The average Bonchev–Trinajstić information content (AvgIpc) is 2.72. The molecule has 0 saturated carbocycles. The van der Waals surface area contributed by atoms with Crippen molar-refractivity contribution in [3.05, 3.63) is 53.1 Å². The minimum absolute atomic E-state index is 0.195. The predicted octanol–water partition coefficient (Wildman–Crippen LogP) is 2.41. The first kappa shape index (κ1) is 12.8. The van der Waals surface area contributed by atoms with Crippen LogP contribution in [0.1, 0.15) is 23.7 Å². The van der Waals surface area contributed by atoms with Crippen LogP contribution in [0.15, 0.2) is 30.5 Å². The van der Waals surface area contributed by atoms with Crippen LogP contribution in [0.3, 0.4) is 0 Å². The molecule has 96 valence electrons. The van der Waals surface area contributed by atoms with E-state index in [4.69, 9.17) is 0 Å². The van der Waals surface area contributed by atoms with E-state index in [2.05, 4.69) is 17.3 Å². The Kier molecular flexibility index (Phi) is 4.10. The molecule has 0 amide bonds. The zero-order valence-corrected chi connectivity index (χ0v) is 10.8. The molecule has 1 aromatic heterocycles. The third kappa shape index (κ3) is 3.17. The van der Waals surface area contributed by atoms with Gasteiger partial charge >= 0.3 is 0 Å². The fraction of sp³-hybridized carbons (Fsp3) is 0.357. The summed E-state index contributed by atoms with van der Waals surface area (Å²) in [5.41, 5.74) is 3.43. The van der Waals surface area contributed by atoms with Crippen LogP contribution < -0.4 is 5.32 Å². The summed E-state index contributed by atoms with van der Waals surface area (Å²) >= 11 is 0. The third-order valence-corrected chi connectivity index (χ3v) is 2.88. The molecule has 1 aromatic carbocycles. The zero-order chi connectivity index (χ0) is 13.0. The van der Waals surface area contributed by atoms with Gasteiger partial charge in [-0.05, 0) is 24.1 Å². The van der Waals surface area contributed by atoms with E-state index >= 15 is 0 Å². The molecule has 0 fully saturated rings. The van der Waals surface area contributed by atoms with E-state index in [1.54, 1.807) is 12.1 Å². The van der Waals surface area contributed by atoms with Crippen LogP contribution in [-0.2, 0) is 26.6 Å². The summed E-state index contributed by atoms with van der Waals surface area (Å²) in [4.78, 5) is 0. The van der Waals surface area contributed by atoms with Gasteiger partial charge in [0.05, 0.1) is 5.69 Å². The molecule has 3 nitrogen and oxygen atoms in total. The van der Waals surface area contributed by atoms with Crippen LogP contribution in [0.2, 0.25) is 0 Å². The maximum Gasteiger partial charge on any atom is 0.123 e. The molecular formula is C14H18FN3. The Morgan fingerprint density at radius 2 is 1.94 bits per heavy atom. The molecule has 2 rings (SSSR count). The predicted molar refractivity (Wildman–Crippen MR) is 69.5 cm³/mol. The summed E-state index contributed by atoms with van der Waals surface area (Å²) in [6.07, 6.45) is 2.98. The zero-order valence-electron chi connectivity index (χ0n) is 10.8. The molecule has 2 aromatic rings. The average molecular weight is 247 g/mol. The lowest BCUT2D eigenvalue weighted by Gasteiger charge is -2.04. The van der Waals surface area contributed by atoms with Gasteiger partial charge in [-0.1, -0.05) is 19.1 Å². The van der Waals surface area contributed by atoms with Crippen molar-refractivity contribution in [3.8, 4) is 0 Å². The Hall–Kier alpha value is -1.68. The van der Waals surface area contributed by atoms with E-state index in [9.17, 15) is 4.39 Å². The van der Waals surface area contributed by atoms with Gasteiger partial charge in [0, 0.05) is 31.9 Å². The molecule has 0 aliphatic heterocycles. The number of nitrogens with one attached hydrogen (secondary N) is 1. The van der Waals surface area contributed by atoms with Gasteiger partial charge in [-0.15, -0.1) is 0 Å². The van der Waals surface area contributed by atoms with Gasteiger partial charge in [0.2, 0.25) is 0 Å². The standard InChI is InChI=1S/C14H18FN3/c1-3-14-12(10-18(2)17-14)9-16-8-11-4-6-13(15)7-5-11/h4-7,10,16H,3,8-9H2,1-2H3. The number of benzene rings is 1. The van der Waals surface area contributed by atoms with Crippen LogP contribution in [0, 0.1) is 5.82 Å². The minimum atomic E-state index is -0.195. The second-order valence-corrected chi connectivity index (χ2v) is 4.36. The number of aromatic nitrogens is 2. The number of hydrogen-bond donors (Lipinski definition) is 1. The van der Waals surface area contributed by atoms with E-state index in [-0.39, 0.29) is 5.82 Å². The summed E-state index contributed by atoms with van der Waals surface area (Å²) in [5, 5.41) is 7.74. The van der Waals surface area contributed by atoms with Gasteiger partial charge in [-0.3, -0.25) is 4.68 Å². The van der Waals surface area contributed by atoms with Crippen LogP contribution in [0.5, 0.6) is 0 Å². The molecule has 0 saturated heterocycles. The molecular weight excluding hydrogens is 229 g/mol. The molecule has 1 N–H and O–H groups in total. The molecule has 0 bridgehead atoms. The molecule has 0 atom stereocenters. The van der Waals surface area contributed by atoms with E-state index < -0.39 is 0 Å². The Morgan fingerprint density at radius 3 is 2.61 bits per heavy atom. The molecule has 1 heterocycles. The second-order valence-electron chi connectivity index (χ2n) is 4.36. The summed E-state index contributed by atoms with van der Waals surface area (Å²) in [6.45, 7) is 3.62. The van der Waals surface area contributed by atoms with E-state index in [0.717, 1.165) is 30.8 Å². The molecule has 0 aliphatic carbocycles. The SMILES string of the molecule is CCc1nn(C)cc1CNCc1ccc(F)cc1. The number of halogens is 1. The largest absolute Gasteiger partial charge is 0.308 e. The van der Waals surface area contributed by atoms with Crippen molar-refractivity contribution in [3.63, 3.8) is 0 Å². The molecule has 0 aliphatic rings. The van der Waals surface area contributed by atoms with Gasteiger partial charge in [0.15, 0.2) is 0 Å². The topological polar surface area (TPSA) is 29.9 Å². The van der Waals surface area contributed by atoms with Gasteiger partial charge in [-0.2, -0.15) is 5.10 Å². The van der Waals surface area contributed by atoms with Gasteiger partial charge in [-0.25, -0.2) is 4.39 Å². The first-order chi connectivity index (χ1) is 8.69. The van der Waals surface area contributed by atoms with Gasteiger partial charge in [0.1, 0.15) is 5.82 Å². The fourth-order valence-corrected chi connectivity index (χ4v) is 1.97. The lowest BCUT2D eigenvalue weighted by molar-refractivity contribution is 0.624. The van der Waals surface area contributed by atoms with E-state index in [1.807, 2.05) is 17.9 Å². The smallest absolute Gasteiger partial charge is 0.123 e. The summed E-state index contributed by atoms with van der Waals surface area (Å²) in [5.74, 6) is -0.195. The molecule has 0 unspecified atom stereocenters. The summed E-state index contributed by atoms with van der Waals surface area (Å²) in [6, 6.07) is 6.57. The van der Waals surface area contributed by atoms with Crippen LogP contribution in [0.25, 0.3) is 0 Å². The Morgan fingerprint density at radius 1 is 1.22 bits per heavy atom. The highest BCUT2D eigenvalue weighted by atomic mass is 19.1. The van der Waals surface area contributed by atoms with Crippen molar-refractivity contribution in [2.45, 2.75) is 26.4 Å². The Balaban J connectivity index is 1.90. The highest BCUT2D eigenvalue weighted by Gasteiger charge is 2.04. The minimum Gasteiger partial charge on any atom is -0.308 e. The van der Waals surface area contributed by atoms with Gasteiger partial charge in [0.25, 0.3) is 0 Å². The monoisotopic (exact) mass is 247 g/mol. The summed E-state index contributed by atoms with van der Waals surface area (Å²) in [7, 11) is 1.93. The van der Waals surface area contributed by atoms with Crippen molar-refractivity contribution in [1.82, 2.24) is 15.1 Å². The van der Waals surface area contributed by atoms with Crippen molar-refractivity contribution in [2.24, 2.45) is 7.05 Å². The number of aryl methyl sites for hydroxylation is 2.